The summed E-state index contributed by atoms with van der Waals surface area (Å²) >= 11 is 3.24. The number of hydrogen-bond acceptors (Lipinski definition) is 5. The van der Waals surface area contributed by atoms with Crippen molar-refractivity contribution >= 4 is 40.6 Å². The molecule has 0 unspecified atom stereocenters. The Morgan fingerprint density at radius 1 is 1.07 bits per heavy atom. The third-order valence-electron chi connectivity index (χ3n) is 4.20. The van der Waals surface area contributed by atoms with Crippen molar-refractivity contribution < 1.29 is 9.59 Å². The summed E-state index contributed by atoms with van der Waals surface area (Å²) in [5.74, 6) is 0.983. The van der Waals surface area contributed by atoms with Crippen molar-refractivity contribution in [2.24, 2.45) is 0 Å². The van der Waals surface area contributed by atoms with Gasteiger partial charge in [-0.15, -0.1) is 23.1 Å². The van der Waals surface area contributed by atoms with Crippen LogP contribution in [0, 0.1) is 6.92 Å². The summed E-state index contributed by atoms with van der Waals surface area (Å²) in [5, 5.41) is 3.88. The number of anilines is 1. The maximum absolute atomic E-state index is 12.2. The monoisotopic (exact) mass is 425 g/mol. The zero-order valence-electron chi connectivity index (χ0n) is 16.6. The molecule has 0 aliphatic rings. The molecule has 5 nitrogen and oxygen atoms in total. The Bertz CT molecular complexity index is 983. The number of nitrogens with one attached hydrogen (secondary N) is 1. The van der Waals surface area contributed by atoms with Gasteiger partial charge in [0.05, 0.1) is 11.4 Å². The Labute approximate surface area is 179 Å². The molecule has 1 heterocycles. The second kappa shape index (κ2) is 9.71. The molecule has 0 fully saturated rings. The van der Waals surface area contributed by atoms with Crippen LogP contribution in [0.1, 0.15) is 20.9 Å². The van der Waals surface area contributed by atoms with Crippen molar-refractivity contribution in [1.29, 1.82) is 0 Å². The number of aryl methyl sites for hydroxylation is 1. The lowest BCUT2D eigenvalue weighted by molar-refractivity contribution is -0.113. The number of hydrogen-bond donors (Lipinski definition) is 1. The number of carbonyl (C=O) groups is 2. The van der Waals surface area contributed by atoms with Gasteiger partial charge in [-0.05, 0) is 31.2 Å². The Hall–Kier alpha value is -2.64. The number of thiazole rings is 1. The molecule has 0 saturated carbocycles. The zero-order chi connectivity index (χ0) is 20.8. The highest BCUT2D eigenvalue weighted by Gasteiger charge is 2.11. The van der Waals surface area contributed by atoms with E-state index < -0.39 is 0 Å². The summed E-state index contributed by atoms with van der Waals surface area (Å²) in [6, 6.07) is 17.1. The smallest absolute Gasteiger partial charge is 0.253 e. The first-order chi connectivity index (χ1) is 13.9. The largest absolute Gasteiger partial charge is 0.345 e. The van der Waals surface area contributed by atoms with Gasteiger partial charge < -0.3 is 10.2 Å². The summed E-state index contributed by atoms with van der Waals surface area (Å²) < 4.78 is 0. The molecule has 0 spiro atoms. The van der Waals surface area contributed by atoms with Gasteiger partial charge in [0, 0.05) is 41.5 Å². The molecular weight excluding hydrogens is 402 g/mol. The molecule has 0 atom stereocenters. The lowest BCUT2D eigenvalue weighted by Crippen LogP contribution is -2.21. The van der Waals surface area contributed by atoms with E-state index >= 15 is 0 Å². The van der Waals surface area contributed by atoms with Gasteiger partial charge in [-0.3, -0.25) is 9.59 Å². The molecule has 2 amide bonds. The average Bonchev–Trinajstić information content (AvgIpc) is 3.09. The van der Waals surface area contributed by atoms with E-state index in [-0.39, 0.29) is 11.8 Å². The predicted molar refractivity (Wildman–Crippen MR) is 122 cm³/mol. The molecule has 1 N–H and O–H groups in total. The van der Waals surface area contributed by atoms with Crippen LogP contribution < -0.4 is 5.32 Å². The van der Waals surface area contributed by atoms with Gasteiger partial charge in [0.15, 0.2) is 0 Å². The Kier molecular flexibility index (Phi) is 7.06. The van der Waals surface area contributed by atoms with Gasteiger partial charge in [0.25, 0.3) is 5.91 Å². The molecule has 0 bridgehead atoms. The second-order valence-corrected chi connectivity index (χ2v) is 8.78. The number of benzene rings is 2. The maximum Gasteiger partial charge on any atom is 0.253 e. The maximum atomic E-state index is 12.2. The number of nitrogens with zero attached hydrogens (tertiary/aromatic N) is 2. The highest BCUT2D eigenvalue weighted by atomic mass is 32.2. The fourth-order valence-corrected chi connectivity index (χ4v) is 4.76. The lowest BCUT2D eigenvalue weighted by Gasteiger charge is -2.11. The summed E-state index contributed by atoms with van der Waals surface area (Å²) in [5.41, 5.74) is 3.41. The number of aromatic nitrogens is 1. The van der Waals surface area contributed by atoms with Gasteiger partial charge in [-0.2, -0.15) is 0 Å². The Morgan fingerprint density at radius 3 is 2.41 bits per heavy atom. The molecule has 0 aliphatic carbocycles. The fourth-order valence-electron chi connectivity index (χ4n) is 2.65. The molecule has 0 aliphatic heterocycles. The van der Waals surface area contributed by atoms with E-state index in [1.807, 2.05) is 25.1 Å². The molecule has 150 valence electrons. The van der Waals surface area contributed by atoms with Crippen LogP contribution in [0.4, 0.5) is 5.69 Å². The number of carbonyl (C=O) groups excluding carboxylic acids is 2. The first-order valence-electron chi connectivity index (χ1n) is 9.15. The quantitative estimate of drug-likeness (QED) is 0.596. The summed E-state index contributed by atoms with van der Waals surface area (Å²) in [6.07, 6.45) is 0. The predicted octanol–water partition coefficient (Wildman–Crippen LogP) is 4.69. The molecule has 0 radical (unpaired) electrons. The topological polar surface area (TPSA) is 62.3 Å². The summed E-state index contributed by atoms with van der Waals surface area (Å²) in [4.78, 5) is 31.5. The van der Waals surface area contributed by atoms with Crippen LogP contribution in [0.15, 0.2) is 54.6 Å². The number of thioether (sulfide) groups is 1. The van der Waals surface area contributed by atoms with E-state index in [1.54, 1.807) is 61.5 Å². The zero-order valence-corrected chi connectivity index (χ0v) is 18.3. The van der Waals surface area contributed by atoms with E-state index in [4.69, 9.17) is 0 Å². The molecule has 29 heavy (non-hydrogen) atoms. The van der Waals surface area contributed by atoms with Crippen LogP contribution in [-0.2, 0) is 10.5 Å². The van der Waals surface area contributed by atoms with Gasteiger partial charge in [0.2, 0.25) is 5.91 Å². The van der Waals surface area contributed by atoms with Crippen molar-refractivity contribution in [3.63, 3.8) is 0 Å². The minimum Gasteiger partial charge on any atom is -0.345 e. The first-order valence-corrected chi connectivity index (χ1v) is 11.1. The van der Waals surface area contributed by atoms with Crippen LogP contribution in [0.2, 0.25) is 0 Å². The van der Waals surface area contributed by atoms with E-state index in [0.29, 0.717) is 17.0 Å². The van der Waals surface area contributed by atoms with Gasteiger partial charge >= 0.3 is 0 Å². The van der Waals surface area contributed by atoms with E-state index in [2.05, 4.69) is 22.4 Å². The Morgan fingerprint density at radius 2 is 1.76 bits per heavy atom. The third kappa shape index (κ3) is 5.68. The highest BCUT2D eigenvalue weighted by molar-refractivity contribution is 7.99. The molecule has 1 aromatic heterocycles. The van der Waals surface area contributed by atoms with E-state index in [9.17, 15) is 9.59 Å². The van der Waals surface area contributed by atoms with E-state index in [0.717, 1.165) is 22.0 Å². The molecular formula is C22H23N3O2S2. The van der Waals surface area contributed by atoms with Gasteiger partial charge in [-0.1, -0.05) is 30.3 Å². The molecule has 2 aromatic carbocycles. The number of amides is 2. The molecule has 3 aromatic rings. The van der Waals surface area contributed by atoms with Crippen LogP contribution >= 0.6 is 23.1 Å². The Balaban J connectivity index is 1.50. The van der Waals surface area contributed by atoms with Crippen molar-refractivity contribution in [2.45, 2.75) is 12.7 Å². The van der Waals surface area contributed by atoms with Crippen molar-refractivity contribution in [3.8, 4) is 10.6 Å². The van der Waals surface area contributed by atoms with Crippen molar-refractivity contribution in [3.05, 3.63) is 70.7 Å². The fraction of sp³-hybridized carbons (Fsp3) is 0.227. The minimum absolute atomic E-state index is 0.0618. The standard InChI is InChI=1S/C22H23N3O2S2/c1-15-19(29-21(23-15)16-7-5-4-6-8-16)13-28-14-20(26)24-18-11-9-17(10-12-18)22(27)25(2)3/h4-12H,13-14H2,1-3H3,(H,24,26). The molecule has 0 saturated heterocycles. The van der Waals surface area contributed by atoms with Crippen molar-refractivity contribution in [1.82, 2.24) is 9.88 Å². The number of rotatable bonds is 7. The molecule has 7 heteroatoms. The van der Waals surface area contributed by atoms with Crippen LogP contribution in [0.5, 0.6) is 0 Å². The van der Waals surface area contributed by atoms with Crippen molar-refractivity contribution in [2.75, 3.05) is 25.2 Å². The van der Waals surface area contributed by atoms with Crippen LogP contribution in [0.3, 0.4) is 0 Å². The molecule has 3 rings (SSSR count). The minimum atomic E-state index is -0.0628. The van der Waals surface area contributed by atoms with Gasteiger partial charge in [-0.25, -0.2) is 4.98 Å². The highest BCUT2D eigenvalue weighted by Crippen LogP contribution is 2.30. The van der Waals surface area contributed by atoms with Gasteiger partial charge in [0.1, 0.15) is 5.01 Å². The third-order valence-corrected chi connectivity index (χ3v) is 6.55. The van der Waals surface area contributed by atoms with Crippen LogP contribution in [0.25, 0.3) is 10.6 Å². The SMILES string of the molecule is Cc1nc(-c2ccccc2)sc1CSCC(=O)Nc1ccc(C(=O)N(C)C)cc1. The summed E-state index contributed by atoms with van der Waals surface area (Å²) in [7, 11) is 3.42. The lowest BCUT2D eigenvalue weighted by atomic mass is 10.2. The van der Waals surface area contributed by atoms with E-state index in [1.165, 1.54) is 9.78 Å². The average molecular weight is 426 g/mol. The second-order valence-electron chi connectivity index (χ2n) is 6.71. The normalized spacial score (nSPS) is 10.6. The van der Waals surface area contributed by atoms with Crippen LogP contribution in [-0.4, -0.2) is 41.5 Å². The first kappa shape index (κ1) is 21.1. The summed E-state index contributed by atoms with van der Waals surface area (Å²) in [6.45, 7) is 2.01.